The number of hydrogen-bond donors (Lipinski definition) is 1. The van der Waals surface area contributed by atoms with Crippen molar-refractivity contribution < 1.29 is 4.52 Å². The van der Waals surface area contributed by atoms with Gasteiger partial charge in [0, 0.05) is 9.85 Å². The quantitative estimate of drug-likeness (QED) is 0.777. The summed E-state index contributed by atoms with van der Waals surface area (Å²) in [6.45, 7) is 0. The van der Waals surface area contributed by atoms with Gasteiger partial charge < -0.3 is 10.3 Å². The molecule has 102 valence electrons. The summed E-state index contributed by atoms with van der Waals surface area (Å²) in [4.78, 5) is 5.33. The third-order valence-electron chi connectivity index (χ3n) is 2.85. The number of benzene rings is 1. The fourth-order valence-corrected chi connectivity index (χ4v) is 3.22. The van der Waals surface area contributed by atoms with E-state index in [1.54, 1.807) is 11.3 Å². The van der Waals surface area contributed by atoms with Crippen LogP contribution in [0.2, 0.25) is 0 Å². The summed E-state index contributed by atoms with van der Waals surface area (Å²) in [5.41, 5.74) is 7.27. The number of halogens is 1. The maximum Gasteiger partial charge on any atom is 0.244 e. The van der Waals surface area contributed by atoms with Crippen LogP contribution in [0.25, 0.3) is 10.7 Å². The van der Waals surface area contributed by atoms with E-state index in [-0.39, 0.29) is 6.04 Å². The SMILES string of the molecule is N[C@H](Cc1ccccc1)c1nc(-c2cc(Br)cs2)no1. The zero-order valence-electron chi connectivity index (χ0n) is 10.5. The van der Waals surface area contributed by atoms with Crippen molar-refractivity contribution in [2.45, 2.75) is 12.5 Å². The normalized spacial score (nSPS) is 12.5. The van der Waals surface area contributed by atoms with Gasteiger partial charge in [0.25, 0.3) is 0 Å². The van der Waals surface area contributed by atoms with Crippen molar-refractivity contribution in [2.24, 2.45) is 5.73 Å². The van der Waals surface area contributed by atoms with Crippen LogP contribution < -0.4 is 5.73 Å². The van der Waals surface area contributed by atoms with Crippen LogP contribution in [-0.4, -0.2) is 10.1 Å². The highest BCUT2D eigenvalue weighted by Gasteiger charge is 2.17. The number of thiophene rings is 1. The maximum atomic E-state index is 6.12. The summed E-state index contributed by atoms with van der Waals surface area (Å²) in [5.74, 6) is 1.05. The van der Waals surface area contributed by atoms with E-state index in [4.69, 9.17) is 10.3 Å². The molecule has 0 bridgehead atoms. The molecule has 0 radical (unpaired) electrons. The minimum absolute atomic E-state index is 0.290. The molecule has 2 heterocycles. The van der Waals surface area contributed by atoms with E-state index in [0.29, 0.717) is 18.1 Å². The van der Waals surface area contributed by atoms with E-state index >= 15 is 0 Å². The summed E-state index contributed by atoms with van der Waals surface area (Å²) in [7, 11) is 0. The molecule has 2 N–H and O–H groups in total. The Morgan fingerprint density at radius 1 is 1.30 bits per heavy atom. The molecule has 0 spiro atoms. The van der Waals surface area contributed by atoms with Crippen molar-refractivity contribution in [1.29, 1.82) is 0 Å². The lowest BCUT2D eigenvalue weighted by Gasteiger charge is -2.05. The van der Waals surface area contributed by atoms with Crippen molar-refractivity contribution in [3.63, 3.8) is 0 Å². The van der Waals surface area contributed by atoms with Gasteiger partial charge in [-0.3, -0.25) is 0 Å². The average molecular weight is 350 g/mol. The Morgan fingerprint density at radius 3 is 2.80 bits per heavy atom. The lowest BCUT2D eigenvalue weighted by Crippen LogP contribution is -2.13. The topological polar surface area (TPSA) is 64.9 Å². The molecule has 3 aromatic rings. The number of rotatable bonds is 4. The standard InChI is InChI=1S/C14H12BrN3OS/c15-10-7-12(20-8-10)13-17-14(19-18-13)11(16)6-9-4-2-1-3-5-9/h1-5,7-8,11H,6,16H2/t11-/m1/s1. The number of nitrogens with zero attached hydrogens (tertiary/aromatic N) is 2. The fourth-order valence-electron chi connectivity index (χ4n) is 1.87. The fraction of sp³-hybridized carbons (Fsp3) is 0.143. The van der Waals surface area contributed by atoms with Crippen LogP contribution in [0.1, 0.15) is 17.5 Å². The molecule has 1 atom stereocenters. The monoisotopic (exact) mass is 349 g/mol. The van der Waals surface area contributed by atoms with Crippen LogP contribution in [0.15, 0.2) is 50.8 Å². The van der Waals surface area contributed by atoms with Crippen LogP contribution in [-0.2, 0) is 6.42 Å². The van der Waals surface area contributed by atoms with Gasteiger partial charge in [0.05, 0.1) is 10.9 Å². The Morgan fingerprint density at radius 2 is 2.10 bits per heavy atom. The molecule has 6 heteroatoms. The number of aromatic nitrogens is 2. The summed E-state index contributed by atoms with van der Waals surface area (Å²) < 4.78 is 6.28. The first-order valence-corrected chi connectivity index (χ1v) is 7.77. The molecule has 1 aromatic carbocycles. The number of nitrogens with two attached hydrogens (primary N) is 1. The largest absolute Gasteiger partial charge is 0.337 e. The Labute approximate surface area is 128 Å². The van der Waals surface area contributed by atoms with Crippen LogP contribution in [0, 0.1) is 0 Å². The molecule has 0 fully saturated rings. The zero-order valence-corrected chi connectivity index (χ0v) is 12.9. The molecular formula is C14H12BrN3OS. The molecule has 3 rings (SSSR count). The highest BCUT2D eigenvalue weighted by Crippen LogP contribution is 2.28. The first kappa shape index (κ1) is 13.5. The molecule has 4 nitrogen and oxygen atoms in total. The van der Waals surface area contributed by atoms with E-state index in [1.807, 2.05) is 41.8 Å². The van der Waals surface area contributed by atoms with Crippen molar-refractivity contribution in [2.75, 3.05) is 0 Å². The third-order valence-corrected chi connectivity index (χ3v) is 4.53. The predicted molar refractivity (Wildman–Crippen MR) is 82.4 cm³/mol. The summed E-state index contributed by atoms with van der Waals surface area (Å²) in [6.07, 6.45) is 0.677. The van der Waals surface area contributed by atoms with E-state index in [1.165, 1.54) is 0 Å². The minimum atomic E-state index is -0.290. The molecule has 0 aliphatic heterocycles. The number of hydrogen-bond acceptors (Lipinski definition) is 5. The average Bonchev–Trinajstić information content (AvgIpc) is 3.08. The van der Waals surface area contributed by atoms with Gasteiger partial charge in [0.1, 0.15) is 0 Å². The molecule has 2 aromatic heterocycles. The van der Waals surface area contributed by atoms with Crippen molar-refractivity contribution >= 4 is 27.3 Å². The van der Waals surface area contributed by atoms with Gasteiger partial charge in [-0.2, -0.15) is 4.98 Å². The van der Waals surface area contributed by atoms with Crippen LogP contribution in [0.5, 0.6) is 0 Å². The Bertz CT molecular complexity index is 695. The van der Waals surface area contributed by atoms with Crippen molar-refractivity contribution in [1.82, 2.24) is 10.1 Å². The lowest BCUT2D eigenvalue weighted by atomic mass is 10.1. The molecule has 0 saturated heterocycles. The van der Waals surface area contributed by atoms with Crippen molar-refractivity contribution in [3.05, 3.63) is 57.7 Å². The molecular weight excluding hydrogens is 338 g/mol. The molecule has 20 heavy (non-hydrogen) atoms. The molecule has 0 aliphatic rings. The maximum absolute atomic E-state index is 6.12. The van der Waals surface area contributed by atoms with Gasteiger partial charge in [-0.1, -0.05) is 35.5 Å². The van der Waals surface area contributed by atoms with E-state index < -0.39 is 0 Å². The summed E-state index contributed by atoms with van der Waals surface area (Å²) in [5, 5.41) is 5.97. The third kappa shape index (κ3) is 2.98. The van der Waals surface area contributed by atoms with E-state index in [0.717, 1.165) is 14.9 Å². The lowest BCUT2D eigenvalue weighted by molar-refractivity contribution is 0.354. The molecule has 0 amide bonds. The Balaban J connectivity index is 1.76. The molecule has 0 saturated carbocycles. The second-order valence-corrected chi connectivity index (χ2v) is 6.21. The summed E-state index contributed by atoms with van der Waals surface area (Å²) in [6, 6.07) is 11.7. The molecule has 0 unspecified atom stereocenters. The summed E-state index contributed by atoms with van der Waals surface area (Å²) >= 11 is 4.97. The predicted octanol–water partition coefficient (Wildman–Crippen LogP) is 3.80. The van der Waals surface area contributed by atoms with Gasteiger partial charge in [0.2, 0.25) is 11.7 Å². The second-order valence-electron chi connectivity index (χ2n) is 4.38. The first-order valence-electron chi connectivity index (χ1n) is 6.10. The highest BCUT2D eigenvalue weighted by molar-refractivity contribution is 9.10. The van der Waals surface area contributed by atoms with Crippen LogP contribution >= 0.6 is 27.3 Å². The van der Waals surface area contributed by atoms with Gasteiger partial charge in [-0.15, -0.1) is 11.3 Å². The van der Waals surface area contributed by atoms with E-state index in [2.05, 4.69) is 26.1 Å². The first-order chi connectivity index (χ1) is 9.72. The van der Waals surface area contributed by atoms with Gasteiger partial charge >= 0.3 is 0 Å². The van der Waals surface area contributed by atoms with Gasteiger partial charge in [-0.25, -0.2) is 0 Å². The molecule has 0 aliphatic carbocycles. The smallest absolute Gasteiger partial charge is 0.244 e. The Hall–Kier alpha value is -1.50. The van der Waals surface area contributed by atoms with Crippen LogP contribution in [0.3, 0.4) is 0 Å². The van der Waals surface area contributed by atoms with Crippen molar-refractivity contribution in [3.8, 4) is 10.7 Å². The van der Waals surface area contributed by atoms with Gasteiger partial charge in [0.15, 0.2) is 0 Å². The highest BCUT2D eigenvalue weighted by atomic mass is 79.9. The van der Waals surface area contributed by atoms with Crippen LogP contribution in [0.4, 0.5) is 0 Å². The Kier molecular flexibility index (Phi) is 3.95. The van der Waals surface area contributed by atoms with Gasteiger partial charge in [-0.05, 0) is 34.0 Å². The second kappa shape index (κ2) is 5.87. The van der Waals surface area contributed by atoms with E-state index in [9.17, 15) is 0 Å². The zero-order chi connectivity index (χ0) is 13.9. The minimum Gasteiger partial charge on any atom is -0.337 e.